The minimum atomic E-state index is -0.639. The Bertz CT molecular complexity index is 1170. The van der Waals surface area contributed by atoms with Crippen molar-refractivity contribution in [1.82, 2.24) is 4.57 Å². The summed E-state index contributed by atoms with van der Waals surface area (Å²) in [6.45, 7) is 18.2. The van der Waals surface area contributed by atoms with Gasteiger partial charge < -0.3 is 9.30 Å². The third-order valence-electron chi connectivity index (χ3n) is 6.15. The number of benzene rings is 2. The summed E-state index contributed by atoms with van der Waals surface area (Å²) in [7, 11) is 0. The number of hydrogen-bond acceptors (Lipinski definition) is 3. The number of fused-ring (bicyclic) bond motifs is 1. The second-order valence-electron chi connectivity index (χ2n) is 11.6. The number of nitrogens with zero attached hydrogens (tertiary/aromatic N) is 1. The summed E-state index contributed by atoms with van der Waals surface area (Å²) in [6, 6.07) is 14.9. The number of carbonyl (C=O) groups excluding carboxylic acids is 1. The molecule has 0 amide bonds. The second kappa shape index (κ2) is 11.0. The Morgan fingerprint density at radius 1 is 1.06 bits per heavy atom. The van der Waals surface area contributed by atoms with E-state index >= 15 is 0 Å². The van der Waals surface area contributed by atoms with Crippen molar-refractivity contribution in [1.29, 1.82) is 0 Å². The van der Waals surface area contributed by atoms with Crippen molar-refractivity contribution in [2.24, 2.45) is 10.8 Å². The van der Waals surface area contributed by atoms with Crippen LogP contribution in [0.3, 0.4) is 0 Å². The molecule has 0 spiro atoms. The predicted octanol–water partition coefficient (Wildman–Crippen LogP) is 8.74. The van der Waals surface area contributed by atoms with Crippen molar-refractivity contribution in [3.05, 3.63) is 64.3 Å². The molecule has 190 valence electrons. The first-order chi connectivity index (χ1) is 16.3. The summed E-state index contributed by atoms with van der Waals surface area (Å²) < 4.78 is 7.86. The minimum Gasteiger partial charge on any atom is -0.466 e. The maximum Gasteiger partial charge on any atom is 0.311 e. The van der Waals surface area contributed by atoms with Crippen molar-refractivity contribution in [3.63, 3.8) is 0 Å². The SMILES string of the molecule is CCOC(=O)C(C)(C)Cc1c(SCC(C)(C)C)c2cc(C(C)C)ccc2n1Cc1ccc(Cl)cc1. The molecule has 1 heterocycles. The van der Waals surface area contributed by atoms with E-state index in [1.54, 1.807) is 0 Å². The molecule has 0 radical (unpaired) electrons. The molecule has 0 saturated heterocycles. The summed E-state index contributed by atoms with van der Waals surface area (Å²) in [5.74, 6) is 1.28. The maximum absolute atomic E-state index is 12.9. The summed E-state index contributed by atoms with van der Waals surface area (Å²) in [5.41, 5.74) is 4.45. The van der Waals surface area contributed by atoms with E-state index in [0.717, 1.165) is 17.3 Å². The van der Waals surface area contributed by atoms with Gasteiger partial charge >= 0.3 is 5.97 Å². The number of aromatic nitrogens is 1. The zero-order chi connectivity index (χ0) is 26.0. The van der Waals surface area contributed by atoms with Gasteiger partial charge in [0.25, 0.3) is 0 Å². The Morgan fingerprint density at radius 2 is 1.71 bits per heavy atom. The average Bonchev–Trinajstić information content (AvgIpc) is 3.04. The van der Waals surface area contributed by atoms with E-state index in [4.69, 9.17) is 16.3 Å². The molecule has 3 aromatic rings. The Hall–Kier alpha value is -1.91. The highest BCUT2D eigenvalue weighted by atomic mass is 35.5. The van der Waals surface area contributed by atoms with E-state index in [2.05, 4.69) is 69.5 Å². The molecule has 0 aliphatic heterocycles. The van der Waals surface area contributed by atoms with Gasteiger partial charge in [-0.3, -0.25) is 4.79 Å². The molecule has 0 atom stereocenters. The lowest BCUT2D eigenvalue weighted by Crippen LogP contribution is -2.30. The van der Waals surface area contributed by atoms with Gasteiger partial charge in [-0.15, -0.1) is 11.8 Å². The van der Waals surface area contributed by atoms with Gasteiger partial charge in [0, 0.05) is 45.2 Å². The van der Waals surface area contributed by atoms with Crippen LogP contribution in [0, 0.1) is 10.8 Å². The van der Waals surface area contributed by atoms with E-state index in [1.807, 2.05) is 44.7 Å². The van der Waals surface area contributed by atoms with E-state index in [9.17, 15) is 4.79 Å². The van der Waals surface area contributed by atoms with Gasteiger partial charge in [0.2, 0.25) is 0 Å². The highest BCUT2D eigenvalue weighted by Gasteiger charge is 2.33. The molecule has 3 rings (SSSR count). The highest BCUT2D eigenvalue weighted by molar-refractivity contribution is 7.99. The van der Waals surface area contributed by atoms with E-state index in [1.165, 1.54) is 32.6 Å². The van der Waals surface area contributed by atoms with Crippen molar-refractivity contribution in [3.8, 4) is 0 Å². The smallest absolute Gasteiger partial charge is 0.311 e. The lowest BCUT2D eigenvalue weighted by molar-refractivity contribution is -0.153. The molecule has 0 unspecified atom stereocenters. The van der Waals surface area contributed by atoms with Crippen LogP contribution in [0.25, 0.3) is 10.9 Å². The first-order valence-electron chi connectivity index (χ1n) is 12.5. The number of esters is 1. The van der Waals surface area contributed by atoms with Gasteiger partial charge in [-0.25, -0.2) is 0 Å². The van der Waals surface area contributed by atoms with Crippen molar-refractivity contribution in [2.75, 3.05) is 12.4 Å². The minimum absolute atomic E-state index is 0.155. The van der Waals surface area contributed by atoms with Gasteiger partial charge in [0.1, 0.15) is 0 Å². The van der Waals surface area contributed by atoms with Crippen molar-refractivity contribution < 1.29 is 9.53 Å². The molecule has 0 fully saturated rings. The summed E-state index contributed by atoms with van der Waals surface area (Å²) >= 11 is 8.08. The summed E-state index contributed by atoms with van der Waals surface area (Å²) in [5, 5.41) is 2.01. The third kappa shape index (κ3) is 6.86. The lowest BCUT2D eigenvalue weighted by Gasteiger charge is -2.25. The molecule has 0 N–H and O–H groups in total. The number of halogens is 1. The monoisotopic (exact) mass is 513 g/mol. The van der Waals surface area contributed by atoms with E-state index < -0.39 is 5.41 Å². The molecule has 1 aromatic heterocycles. The predicted molar refractivity (Wildman–Crippen MR) is 151 cm³/mol. The fourth-order valence-corrected chi connectivity index (χ4v) is 5.52. The normalized spacial score (nSPS) is 12.5. The van der Waals surface area contributed by atoms with Gasteiger partial charge in [0.05, 0.1) is 12.0 Å². The molecule has 5 heteroatoms. The van der Waals surface area contributed by atoms with Crippen LogP contribution < -0.4 is 0 Å². The number of rotatable bonds is 9. The van der Waals surface area contributed by atoms with Crippen molar-refractivity contribution >= 4 is 40.2 Å². The Labute approximate surface area is 220 Å². The highest BCUT2D eigenvalue weighted by Crippen LogP contribution is 2.41. The molecular formula is C30H40ClNO2S. The van der Waals surface area contributed by atoms with Crippen LogP contribution in [0.4, 0.5) is 0 Å². The molecule has 0 aliphatic rings. The lowest BCUT2D eigenvalue weighted by atomic mass is 9.87. The van der Waals surface area contributed by atoms with Gasteiger partial charge in [-0.2, -0.15) is 0 Å². The fourth-order valence-electron chi connectivity index (χ4n) is 4.15. The molecule has 2 aromatic carbocycles. The number of thioether (sulfide) groups is 1. The summed E-state index contributed by atoms with van der Waals surface area (Å²) in [4.78, 5) is 14.2. The first kappa shape index (κ1) is 27.7. The topological polar surface area (TPSA) is 31.2 Å². The Balaban J connectivity index is 2.24. The first-order valence-corrected chi connectivity index (χ1v) is 13.9. The summed E-state index contributed by atoms with van der Waals surface area (Å²) in [6.07, 6.45) is 0.609. The zero-order valence-electron chi connectivity index (χ0n) is 22.5. The third-order valence-corrected chi connectivity index (χ3v) is 8.16. The number of hydrogen-bond donors (Lipinski definition) is 0. The average molecular weight is 514 g/mol. The maximum atomic E-state index is 12.9. The fraction of sp³-hybridized carbons (Fsp3) is 0.500. The van der Waals surface area contributed by atoms with Crippen LogP contribution in [-0.4, -0.2) is 22.9 Å². The van der Waals surface area contributed by atoms with Crippen LogP contribution in [-0.2, 0) is 22.5 Å². The van der Waals surface area contributed by atoms with Gasteiger partial charge in [-0.05, 0) is 67.5 Å². The molecule has 3 nitrogen and oxygen atoms in total. The number of carbonyl (C=O) groups is 1. The second-order valence-corrected chi connectivity index (χ2v) is 13.0. The Morgan fingerprint density at radius 3 is 2.29 bits per heavy atom. The van der Waals surface area contributed by atoms with Crippen LogP contribution in [0.15, 0.2) is 47.4 Å². The van der Waals surface area contributed by atoms with Crippen LogP contribution >= 0.6 is 23.4 Å². The standard InChI is InChI=1S/C30H40ClNO2S/c1-9-34-28(33)30(7,8)17-26-27(35-19-29(4,5)6)24-16-22(20(2)3)12-15-25(24)32(26)18-21-10-13-23(31)14-11-21/h10-16,20H,9,17-19H2,1-8H3. The van der Waals surface area contributed by atoms with Crippen LogP contribution in [0.2, 0.25) is 5.02 Å². The van der Waals surface area contributed by atoms with Crippen LogP contribution in [0.5, 0.6) is 0 Å². The van der Waals surface area contributed by atoms with Gasteiger partial charge in [0.15, 0.2) is 0 Å². The van der Waals surface area contributed by atoms with Crippen molar-refractivity contribution in [2.45, 2.75) is 79.2 Å². The number of ether oxygens (including phenoxy) is 1. The Kier molecular flexibility index (Phi) is 8.70. The van der Waals surface area contributed by atoms with Gasteiger partial charge in [-0.1, -0.05) is 64.4 Å². The quantitative estimate of drug-likeness (QED) is 0.211. The molecule has 0 bridgehead atoms. The molecule has 35 heavy (non-hydrogen) atoms. The van der Waals surface area contributed by atoms with E-state index in [-0.39, 0.29) is 11.4 Å². The molecule has 0 aliphatic carbocycles. The zero-order valence-corrected chi connectivity index (χ0v) is 24.1. The molecular weight excluding hydrogens is 474 g/mol. The largest absolute Gasteiger partial charge is 0.466 e. The molecule has 0 saturated carbocycles. The van der Waals surface area contributed by atoms with E-state index in [0.29, 0.717) is 18.9 Å². The van der Waals surface area contributed by atoms with Crippen LogP contribution in [0.1, 0.15) is 78.1 Å².